The second kappa shape index (κ2) is 2.62. The zero-order chi connectivity index (χ0) is 7.84. The van der Waals surface area contributed by atoms with Crippen molar-refractivity contribution in [3.63, 3.8) is 0 Å². The van der Waals surface area contributed by atoms with Crippen LogP contribution in [0.5, 0.6) is 0 Å². The number of rotatable bonds is 4. The number of hydrogen-bond donors (Lipinski definition) is 0. The Kier molecular flexibility index (Phi) is 1.74. The predicted octanol–water partition coefficient (Wildman–Crippen LogP) is 2.40. The molecular weight excluding hydrogens is 136 g/mol. The van der Waals surface area contributed by atoms with Crippen molar-refractivity contribution in [2.24, 2.45) is 17.8 Å². The van der Waals surface area contributed by atoms with Crippen LogP contribution in [0.4, 0.5) is 0 Å². The van der Waals surface area contributed by atoms with Crippen molar-refractivity contribution in [2.45, 2.75) is 39.0 Å². The van der Waals surface area contributed by atoms with Gasteiger partial charge in [0.05, 0.1) is 0 Å². The molecule has 0 amide bonds. The summed E-state index contributed by atoms with van der Waals surface area (Å²) in [5.41, 5.74) is 0. The molecule has 2 saturated carbocycles. The Bertz CT molecular complexity index is 166. The van der Waals surface area contributed by atoms with E-state index in [2.05, 4.69) is 6.92 Å². The molecule has 0 bridgehead atoms. The fourth-order valence-corrected chi connectivity index (χ4v) is 1.65. The third-order valence-corrected chi connectivity index (χ3v) is 3.02. The van der Waals surface area contributed by atoms with Crippen LogP contribution in [0.2, 0.25) is 0 Å². The van der Waals surface area contributed by atoms with Crippen LogP contribution < -0.4 is 0 Å². The van der Waals surface area contributed by atoms with Crippen LogP contribution in [-0.2, 0) is 4.79 Å². The number of ketones is 1. The minimum Gasteiger partial charge on any atom is -0.299 e. The lowest BCUT2D eigenvalue weighted by molar-refractivity contribution is -0.123. The van der Waals surface area contributed by atoms with E-state index in [0.29, 0.717) is 11.7 Å². The molecule has 0 N–H and O–H groups in total. The molecule has 1 heteroatoms. The second-order valence-corrected chi connectivity index (χ2v) is 4.24. The molecule has 62 valence electrons. The van der Waals surface area contributed by atoms with Gasteiger partial charge < -0.3 is 0 Å². The zero-order valence-electron chi connectivity index (χ0n) is 7.18. The highest BCUT2D eigenvalue weighted by atomic mass is 16.1. The molecular formula is C10H16O. The Balaban J connectivity index is 1.77. The van der Waals surface area contributed by atoms with Crippen molar-refractivity contribution >= 4 is 5.78 Å². The highest BCUT2D eigenvalue weighted by Gasteiger charge is 2.34. The first-order chi connectivity index (χ1) is 5.27. The molecule has 2 aliphatic rings. The van der Waals surface area contributed by atoms with E-state index < -0.39 is 0 Å². The molecule has 0 spiro atoms. The van der Waals surface area contributed by atoms with Crippen molar-refractivity contribution in [1.82, 2.24) is 0 Å². The summed E-state index contributed by atoms with van der Waals surface area (Å²) >= 11 is 0. The molecule has 2 rings (SSSR count). The Hall–Kier alpha value is -0.330. The molecule has 0 aliphatic heterocycles. The molecule has 1 nitrogen and oxygen atoms in total. The fraction of sp³-hybridized carbons (Fsp3) is 0.900. The molecule has 1 atom stereocenters. The lowest BCUT2D eigenvalue weighted by Gasteiger charge is -2.06. The van der Waals surface area contributed by atoms with Crippen LogP contribution in [0.3, 0.4) is 0 Å². The van der Waals surface area contributed by atoms with E-state index in [1.807, 2.05) is 0 Å². The van der Waals surface area contributed by atoms with Gasteiger partial charge in [-0.2, -0.15) is 0 Å². The summed E-state index contributed by atoms with van der Waals surface area (Å²) in [4.78, 5) is 11.5. The predicted molar refractivity (Wildman–Crippen MR) is 44.2 cm³/mol. The first-order valence-electron chi connectivity index (χ1n) is 4.80. The van der Waals surface area contributed by atoms with E-state index in [-0.39, 0.29) is 0 Å². The van der Waals surface area contributed by atoms with Gasteiger partial charge >= 0.3 is 0 Å². The van der Waals surface area contributed by atoms with E-state index in [1.165, 1.54) is 25.7 Å². The van der Waals surface area contributed by atoms with Crippen molar-refractivity contribution < 1.29 is 4.79 Å². The second-order valence-electron chi connectivity index (χ2n) is 4.24. The average Bonchev–Trinajstić information content (AvgIpc) is 2.81. The molecule has 0 saturated heterocycles. The van der Waals surface area contributed by atoms with Gasteiger partial charge in [-0.15, -0.1) is 0 Å². The van der Waals surface area contributed by atoms with E-state index in [0.717, 1.165) is 18.3 Å². The molecule has 0 aromatic carbocycles. The topological polar surface area (TPSA) is 17.1 Å². The molecule has 0 aromatic heterocycles. The fourth-order valence-electron chi connectivity index (χ4n) is 1.65. The Morgan fingerprint density at radius 2 is 2.00 bits per heavy atom. The van der Waals surface area contributed by atoms with Crippen molar-refractivity contribution in [1.29, 1.82) is 0 Å². The maximum Gasteiger partial charge on any atom is 0.136 e. The number of Topliss-reactive ketones (excluding diaryl/α,β-unsaturated/α-hetero) is 1. The van der Waals surface area contributed by atoms with E-state index in [4.69, 9.17) is 0 Å². The smallest absolute Gasteiger partial charge is 0.136 e. The van der Waals surface area contributed by atoms with Gasteiger partial charge in [-0.05, 0) is 37.5 Å². The molecule has 2 aliphatic carbocycles. The van der Waals surface area contributed by atoms with Crippen LogP contribution in [-0.4, -0.2) is 5.78 Å². The average molecular weight is 152 g/mol. The summed E-state index contributed by atoms with van der Waals surface area (Å²) in [5, 5.41) is 0. The lowest BCUT2D eigenvalue weighted by atomic mass is 9.97. The number of carbonyl (C=O) groups excluding carboxylic acids is 1. The van der Waals surface area contributed by atoms with Gasteiger partial charge in [0.2, 0.25) is 0 Å². The third kappa shape index (κ3) is 1.82. The molecule has 1 unspecified atom stereocenters. The van der Waals surface area contributed by atoms with Gasteiger partial charge in [-0.25, -0.2) is 0 Å². The monoisotopic (exact) mass is 152 g/mol. The summed E-state index contributed by atoms with van der Waals surface area (Å²) in [6.45, 7) is 2.11. The quantitative estimate of drug-likeness (QED) is 0.604. The SMILES string of the molecule is CC(C(=O)CC1CC1)C1CC1. The Morgan fingerprint density at radius 1 is 1.36 bits per heavy atom. The first-order valence-corrected chi connectivity index (χ1v) is 4.80. The van der Waals surface area contributed by atoms with Gasteiger partial charge in [0.25, 0.3) is 0 Å². The van der Waals surface area contributed by atoms with Gasteiger partial charge in [-0.1, -0.05) is 6.92 Å². The van der Waals surface area contributed by atoms with Crippen molar-refractivity contribution in [3.8, 4) is 0 Å². The minimum absolute atomic E-state index is 0.385. The van der Waals surface area contributed by atoms with Gasteiger partial charge in [0, 0.05) is 12.3 Å². The van der Waals surface area contributed by atoms with Crippen LogP contribution in [0.1, 0.15) is 39.0 Å². The minimum atomic E-state index is 0.385. The summed E-state index contributed by atoms with van der Waals surface area (Å²) < 4.78 is 0. The zero-order valence-corrected chi connectivity index (χ0v) is 7.18. The van der Waals surface area contributed by atoms with Crippen LogP contribution in [0, 0.1) is 17.8 Å². The van der Waals surface area contributed by atoms with E-state index in [1.54, 1.807) is 0 Å². The van der Waals surface area contributed by atoms with Gasteiger partial charge in [0.1, 0.15) is 5.78 Å². The van der Waals surface area contributed by atoms with E-state index in [9.17, 15) is 4.79 Å². The summed E-state index contributed by atoms with van der Waals surface area (Å²) in [6.07, 6.45) is 6.11. The molecule has 11 heavy (non-hydrogen) atoms. The summed E-state index contributed by atoms with van der Waals surface area (Å²) in [6, 6.07) is 0. The standard InChI is InChI=1S/C10H16O/c1-7(9-4-5-9)10(11)6-8-2-3-8/h7-9H,2-6H2,1H3. The highest BCUT2D eigenvalue weighted by molar-refractivity contribution is 5.81. The van der Waals surface area contributed by atoms with Crippen molar-refractivity contribution in [2.75, 3.05) is 0 Å². The Morgan fingerprint density at radius 3 is 2.45 bits per heavy atom. The number of carbonyl (C=O) groups is 1. The number of hydrogen-bond acceptors (Lipinski definition) is 1. The summed E-state index contributed by atoms with van der Waals surface area (Å²) in [7, 11) is 0. The lowest BCUT2D eigenvalue weighted by Crippen LogP contribution is -2.13. The Labute approximate surface area is 68.2 Å². The summed E-state index contributed by atoms with van der Waals surface area (Å²) in [5.74, 6) is 2.47. The van der Waals surface area contributed by atoms with Gasteiger partial charge in [0.15, 0.2) is 0 Å². The van der Waals surface area contributed by atoms with Crippen molar-refractivity contribution in [3.05, 3.63) is 0 Å². The molecule has 0 radical (unpaired) electrons. The highest BCUT2D eigenvalue weighted by Crippen LogP contribution is 2.40. The molecule has 0 heterocycles. The van der Waals surface area contributed by atoms with Crippen LogP contribution >= 0.6 is 0 Å². The first kappa shape index (κ1) is 7.33. The maximum atomic E-state index is 11.5. The molecule has 2 fully saturated rings. The van der Waals surface area contributed by atoms with Gasteiger partial charge in [-0.3, -0.25) is 4.79 Å². The van der Waals surface area contributed by atoms with Crippen LogP contribution in [0.15, 0.2) is 0 Å². The van der Waals surface area contributed by atoms with E-state index >= 15 is 0 Å². The van der Waals surface area contributed by atoms with Crippen LogP contribution in [0.25, 0.3) is 0 Å². The molecule has 0 aromatic rings. The normalized spacial score (nSPS) is 26.6. The maximum absolute atomic E-state index is 11.5. The third-order valence-electron chi connectivity index (χ3n) is 3.02. The largest absolute Gasteiger partial charge is 0.299 e.